The molecule has 0 heterocycles. The van der Waals surface area contributed by atoms with Gasteiger partial charge in [0.15, 0.2) is 16.8 Å². The molecule has 0 bridgehead atoms. The van der Waals surface area contributed by atoms with Crippen LogP contribution in [0.15, 0.2) is 24.3 Å². The summed E-state index contributed by atoms with van der Waals surface area (Å²) in [5.41, 5.74) is 1.17. The predicted molar refractivity (Wildman–Crippen MR) is 90.1 cm³/mol. The third kappa shape index (κ3) is 7.30. The van der Waals surface area contributed by atoms with Gasteiger partial charge < -0.3 is 23.2 Å². The van der Waals surface area contributed by atoms with Gasteiger partial charge in [-0.1, -0.05) is 12.1 Å². The van der Waals surface area contributed by atoms with Crippen LogP contribution in [0, 0.1) is 0 Å². The highest BCUT2D eigenvalue weighted by Crippen LogP contribution is 2.41. The minimum atomic E-state index is -0.937. The SMILES string of the molecule is COP(CN(CCc1ccc(O)cc1)CP(OC)OC)OC. The van der Waals surface area contributed by atoms with Crippen LogP contribution in [0.1, 0.15) is 5.56 Å². The first-order chi connectivity index (χ1) is 10.6. The minimum Gasteiger partial charge on any atom is -0.508 e. The molecule has 0 aliphatic heterocycles. The van der Waals surface area contributed by atoms with Crippen molar-refractivity contribution >= 4 is 16.8 Å². The number of hydrogen-bond donors (Lipinski definition) is 1. The first-order valence-electron chi connectivity index (χ1n) is 6.84. The molecule has 0 aromatic heterocycles. The summed E-state index contributed by atoms with van der Waals surface area (Å²) in [5, 5.41) is 9.33. The second kappa shape index (κ2) is 11.3. The monoisotopic (exact) mass is 349 g/mol. The molecule has 0 atom stereocenters. The lowest BCUT2D eigenvalue weighted by Gasteiger charge is -2.27. The topological polar surface area (TPSA) is 60.4 Å². The third-order valence-electron chi connectivity index (χ3n) is 3.10. The molecular formula is C14H25NO5P2. The second-order valence-corrected chi connectivity index (χ2v) is 7.85. The maximum Gasteiger partial charge on any atom is 0.185 e. The third-order valence-corrected chi connectivity index (χ3v) is 5.99. The van der Waals surface area contributed by atoms with E-state index in [-0.39, 0.29) is 5.75 Å². The summed E-state index contributed by atoms with van der Waals surface area (Å²) in [6.07, 6.45) is 2.27. The lowest BCUT2D eigenvalue weighted by molar-refractivity contribution is 0.275. The van der Waals surface area contributed by atoms with Crippen molar-refractivity contribution in [1.29, 1.82) is 0 Å². The van der Waals surface area contributed by atoms with Gasteiger partial charge >= 0.3 is 0 Å². The molecule has 0 fully saturated rings. The second-order valence-electron chi connectivity index (χ2n) is 4.49. The lowest BCUT2D eigenvalue weighted by atomic mass is 10.1. The van der Waals surface area contributed by atoms with Gasteiger partial charge in [0, 0.05) is 35.0 Å². The maximum atomic E-state index is 9.33. The zero-order valence-corrected chi connectivity index (χ0v) is 15.3. The van der Waals surface area contributed by atoms with Crippen molar-refractivity contribution in [2.24, 2.45) is 0 Å². The Morgan fingerprint density at radius 2 is 1.32 bits per heavy atom. The van der Waals surface area contributed by atoms with Gasteiger partial charge in [-0.2, -0.15) is 0 Å². The van der Waals surface area contributed by atoms with Crippen molar-refractivity contribution in [2.75, 3.05) is 47.6 Å². The Labute approximate surface area is 135 Å². The zero-order valence-electron chi connectivity index (χ0n) is 13.6. The van der Waals surface area contributed by atoms with Gasteiger partial charge in [-0.25, -0.2) is 0 Å². The summed E-state index contributed by atoms with van der Waals surface area (Å²) < 4.78 is 21.4. The summed E-state index contributed by atoms with van der Waals surface area (Å²) in [6, 6.07) is 7.26. The standard InChI is InChI=1S/C14H25NO5P2/c1-17-21(18-2)11-15(12-22(19-3)20-4)10-9-13-5-7-14(16)8-6-13/h5-8,16H,9-12H2,1-4H3. The molecule has 0 saturated heterocycles. The molecule has 22 heavy (non-hydrogen) atoms. The van der Waals surface area contributed by atoms with Gasteiger partial charge in [0.05, 0.1) is 12.6 Å². The number of hydrogen-bond acceptors (Lipinski definition) is 6. The van der Waals surface area contributed by atoms with E-state index in [0.29, 0.717) is 12.6 Å². The molecule has 1 rings (SSSR count). The summed E-state index contributed by atoms with van der Waals surface area (Å²) in [6.45, 7) is 0.835. The van der Waals surface area contributed by atoms with E-state index in [9.17, 15) is 5.11 Å². The van der Waals surface area contributed by atoms with Crippen molar-refractivity contribution in [1.82, 2.24) is 4.90 Å². The van der Waals surface area contributed by atoms with E-state index in [0.717, 1.165) is 13.0 Å². The average Bonchev–Trinajstić information content (AvgIpc) is 2.55. The van der Waals surface area contributed by atoms with Crippen molar-refractivity contribution in [3.63, 3.8) is 0 Å². The Kier molecular flexibility index (Phi) is 10.1. The number of benzene rings is 1. The summed E-state index contributed by atoms with van der Waals surface area (Å²) in [4.78, 5) is 2.23. The molecule has 0 amide bonds. The first-order valence-corrected chi connectivity index (χ1v) is 9.57. The normalized spacial score (nSPS) is 11.8. The molecular weight excluding hydrogens is 324 g/mol. The van der Waals surface area contributed by atoms with Gasteiger partial charge in [0.2, 0.25) is 0 Å². The molecule has 0 radical (unpaired) electrons. The Hall–Kier alpha value is -0.320. The summed E-state index contributed by atoms with van der Waals surface area (Å²) in [5.74, 6) is 0.283. The van der Waals surface area contributed by atoms with E-state index in [1.165, 1.54) is 5.56 Å². The number of aromatic hydroxyl groups is 1. The molecule has 1 N–H and O–H groups in total. The quantitative estimate of drug-likeness (QED) is 0.618. The van der Waals surface area contributed by atoms with Crippen molar-refractivity contribution in [3.8, 4) is 5.75 Å². The van der Waals surface area contributed by atoms with E-state index < -0.39 is 16.8 Å². The van der Waals surface area contributed by atoms with Crippen LogP contribution in [0.4, 0.5) is 0 Å². The Balaban J connectivity index is 2.61. The van der Waals surface area contributed by atoms with Crippen molar-refractivity contribution < 1.29 is 23.2 Å². The fraction of sp³-hybridized carbons (Fsp3) is 0.571. The smallest absolute Gasteiger partial charge is 0.185 e. The van der Waals surface area contributed by atoms with Gasteiger partial charge in [-0.05, 0) is 24.1 Å². The van der Waals surface area contributed by atoms with Crippen LogP contribution >= 0.6 is 16.8 Å². The highest BCUT2D eigenvalue weighted by Gasteiger charge is 2.18. The average molecular weight is 349 g/mol. The highest BCUT2D eigenvalue weighted by molar-refractivity contribution is 7.48. The molecule has 0 aliphatic carbocycles. The fourth-order valence-corrected chi connectivity index (χ4v) is 3.90. The van der Waals surface area contributed by atoms with Crippen LogP contribution in [0.25, 0.3) is 0 Å². The highest BCUT2D eigenvalue weighted by atomic mass is 31.2. The number of nitrogens with zero attached hydrogens (tertiary/aromatic N) is 1. The van der Waals surface area contributed by atoms with E-state index in [4.69, 9.17) is 18.1 Å². The summed E-state index contributed by atoms with van der Waals surface area (Å²) >= 11 is 0. The number of phenols is 1. The predicted octanol–water partition coefficient (Wildman–Crippen LogP) is 3.36. The summed E-state index contributed by atoms with van der Waals surface area (Å²) in [7, 11) is 4.75. The van der Waals surface area contributed by atoms with Gasteiger partial charge in [-0.15, -0.1) is 0 Å². The molecule has 0 unspecified atom stereocenters. The van der Waals surface area contributed by atoms with Crippen LogP contribution < -0.4 is 0 Å². The van der Waals surface area contributed by atoms with Crippen LogP contribution in [0.5, 0.6) is 5.75 Å². The number of phenolic OH excluding ortho intramolecular Hbond substituents is 1. The van der Waals surface area contributed by atoms with Crippen LogP contribution in [0.3, 0.4) is 0 Å². The molecule has 0 saturated carbocycles. The first kappa shape index (κ1) is 19.7. The van der Waals surface area contributed by atoms with Crippen molar-refractivity contribution in [3.05, 3.63) is 29.8 Å². The van der Waals surface area contributed by atoms with E-state index in [2.05, 4.69) is 4.90 Å². The van der Waals surface area contributed by atoms with Gasteiger partial charge in [-0.3, -0.25) is 4.90 Å². The molecule has 8 heteroatoms. The van der Waals surface area contributed by atoms with E-state index >= 15 is 0 Å². The number of rotatable bonds is 11. The molecule has 126 valence electrons. The van der Waals surface area contributed by atoms with E-state index in [1.54, 1.807) is 40.6 Å². The molecule has 1 aromatic carbocycles. The zero-order chi connectivity index (χ0) is 16.4. The largest absolute Gasteiger partial charge is 0.508 e. The Bertz CT molecular complexity index is 385. The van der Waals surface area contributed by atoms with Crippen LogP contribution in [-0.2, 0) is 24.5 Å². The Morgan fingerprint density at radius 1 is 0.864 bits per heavy atom. The molecule has 0 spiro atoms. The van der Waals surface area contributed by atoms with Crippen LogP contribution in [-0.4, -0.2) is 57.6 Å². The molecule has 0 aliphatic rings. The van der Waals surface area contributed by atoms with E-state index in [1.807, 2.05) is 12.1 Å². The van der Waals surface area contributed by atoms with Gasteiger partial charge in [0.25, 0.3) is 0 Å². The minimum absolute atomic E-state index is 0.283. The van der Waals surface area contributed by atoms with Crippen LogP contribution in [0.2, 0.25) is 0 Å². The lowest BCUT2D eigenvalue weighted by Crippen LogP contribution is -2.27. The maximum absolute atomic E-state index is 9.33. The Morgan fingerprint density at radius 3 is 1.73 bits per heavy atom. The van der Waals surface area contributed by atoms with Crippen molar-refractivity contribution in [2.45, 2.75) is 6.42 Å². The van der Waals surface area contributed by atoms with Gasteiger partial charge in [0.1, 0.15) is 5.75 Å². The fourth-order valence-electron chi connectivity index (χ4n) is 1.84. The molecule has 1 aromatic rings. The molecule has 6 nitrogen and oxygen atoms in total.